The molecule has 0 radical (unpaired) electrons. The summed E-state index contributed by atoms with van der Waals surface area (Å²) in [5.74, 6) is 6.33. The van der Waals surface area contributed by atoms with Crippen LogP contribution in [0.3, 0.4) is 0 Å². The largest absolute Gasteiger partial charge is 0.318 e. The highest BCUT2D eigenvalue weighted by Gasteiger charge is 2.17. The van der Waals surface area contributed by atoms with E-state index in [1.807, 2.05) is 19.4 Å². The van der Waals surface area contributed by atoms with Gasteiger partial charge >= 0.3 is 0 Å². The van der Waals surface area contributed by atoms with Gasteiger partial charge in [0, 0.05) is 18.3 Å². The van der Waals surface area contributed by atoms with E-state index < -0.39 is 0 Å². The zero-order valence-electron chi connectivity index (χ0n) is 8.76. The van der Waals surface area contributed by atoms with Gasteiger partial charge in [0.2, 0.25) is 0 Å². The maximum absolute atomic E-state index is 4.09. The maximum atomic E-state index is 4.09. The molecule has 1 heterocycles. The van der Waals surface area contributed by atoms with Crippen molar-refractivity contribution in [1.29, 1.82) is 0 Å². The summed E-state index contributed by atoms with van der Waals surface area (Å²) in [4.78, 5) is 4.09. The van der Waals surface area contributed by atoms with E-state index in [9.17, 15) is 0 Å². The van der Waals surface area contributed by atoms with Crippen molar-refractivity contribution in [1.82, 2.24) is 9.55 Å². The minimum atomic E-state index is -0.142. The Labute approximate surface area is 80.0 Å². The van der Waals surface area contributed by atoms with Crippen LogP contribution < -0.4 is 0 Å². The summed E-state index contributed by atoms with van der Waals surface area (Å²) in [6.45, 7) is 8.31. The molecule has 1 rings (SSSR count). The van der Waals surface area contributed by atoms with E-state index in [1.54, 1.807) is 0 Å². The molecule has 0 aliphatic heterocycles. The van der Waals surface area contributed by atoms with Crippen LogP contribution in [0, 0.1) is 18.8 Å². The Morgan fingerprint density at radius 1 is 1.54 bits per heavy atom. The molecule has 0 spiro atoms. The second-order valence-electron chi connectivity index (χ2n) is 3.62. The lowest BCUT2D eigenvalue weighted by atomic mass is 10.1. The van der Waals surface area contributed by atoms with Crippen molar-refractivity contribution in [3.05, 3.63) is 18.2 Å². The first-order valence-electron chi connectivity index (χ1n) is 4.57. The summed E-state index contributed by atoms with van der Waals surface area (Å²) in [7, 11) is 0. The molecule has 0 saturated heterocycles. The van der Waals surface area contributed by atoms with Gasteiger partial charge in [-0.2, -0.15) is 0 Å². The minimum Gasteiger partial charge on any atom is -0.318 e. The summed E-state index contributed by atoms with van der Waals surface area (Å²) < 4.78 is 2.09. The Morgan fingerprint density at radius 2 is 2.23 bits per heavy atom. The summed E-state index contributed by atoms with van der Waals surface area (Å²) in [5.41, 5.74) is 1.01. The molecule has 0 bridgehead atoms. The van der Waals surface area contributed by atoms with Crippen molar-refractivity contribution in [2.75, 3.05) is 0 Å². The second kappa shape index (κ2) is 3.66. The molecular formula is C11H16N2. The topological polar surface area (TPSA) is 17.8 Å². The fraction of sp³-hybridized carbons (Fsp3) is 0.545. The molecule has 2 nitrogen and oxygen atoms in total. The van der Waals surface area contributed by atoms with Gasteiger partial charge in [0.05, 0.1) is 6.33 Å². The number of imidazole rings is 1. The SMILES string of the molecule is CCC#CC(C)(C)n1cncc1C. The normalized spacial score (nSPS) is 10.8. The summed E-state index contributed by atoms with van der Waals surface area (Å²) >= 11 is 0. The van der Waals surface area contributed by atoms with E-state index in [1.165, 1.54) is 0 Å². The van der Waals surface area contributed by atoms with Crippen molar-refractivity contribution < 1.29 is 0 Å². The zero-order valence-corrected chi connectivity index (χ0v) is 8.76. The molecule has 0 amide bonds. The van der Waals surface area contributed by atoms with Gasteiger partial charge in [-0.1, -0.05) is 12.8 Å². The van der Waals surface area contributed by atoms with Gasteiger partial charge in [0.15, 0.2) is 0 Å². The first kappa shape index (κ1) is 9.85. The van der Waals surface area contributed by atoms with Gasteiger partial charge in [-0.15, -0.1) is 5.92 Å². The quantitative estimate of drug-likeness (QED) is 0.600. The standard InChI is InChI=1S/C11H16N2/c1-5-6-7-11(3,4)13-9-12-8-10(13)2/h8-9H,5H2,1-4H3. The fourth-order valence-corrected chi connectivity index (χ4v) is 1.31. The Bertz CT molecular complexity index is 336. The Balaban J connectivity index is 3.00. The predicted molar refractivity (Wildman–Crippen MR) is 54.4 cm³/mol. The van der Waals surface area contributed by atoms with E-state index in [2.05, 4.69) is 42.2 Å². The third kappa shape index (κ3) is 2.12. The average molecular weight is 176 g/mol. The first-order valence-corrected chi connectivity index (χ1v) is 4.57. The van der Waals surface area contributed by atoms with Gasteiger partial charge < -0.3 is 4.57 Å². The van der Waals surface area contributed by atoms with Gasteiger partial charge in [0.25, 0.3) is 0 Å². The molecule has 0 aromatic carbocycles. The highest BCUT2D eigenvalue weighted by molar-refractivity contribution is 5.15. The van der Waals surface area contributed by atoms with Crippen molar-refractivity contribution in [2.24, 2.45) is 0 Å². The Kier molecular flexibility index (Phi) is 2.77. The Hall–Kier alpha value is -1.23. The molecule has 13 heavy (non-hydrogen) atoms. The van der Waals surface area contributed by atoms with Crippen molar-refractivity contribution in [3.8, 4) is 11.8 Å². The molecule has 0 fully saturated rings. The van der Waals surface area contributed by atoms with E-state index in [-0.39, 0.29) is 5.54 Å². The van der Waals surface area contributed by atoms with Gasteiger partial charge in [-0.3, -0.25) is 0 Å². The number of aromatic nitrogens is 2. The smallest absolute Gasteiger partial charge is 0.101 e. The molecule has 2 heteroatoms. The fourth-order valence-electron chi connectivity index (χ4n) is 1.31. The lowest BCUT2D eigenvalue weighted by Gasteiger charge is -2.21. The molecule has 70 valence electrons. The number of nitrogens with zero attached hydrogens (tertiary/aromatic N) is 2. The average Bonchev–Trinajstić information content (AvgIpc) is 2.48. The van der Waals surface area contributed by atoms with Gasteiger partial charge in [-0.05, 0) is 20.8 Å². The summed E-state index contributed by atoms with van der Waals surface area (Å²) in [6, 6.07) is 0. The molecule has 1 aromatic heterocycles. The van der Waals surface area contributed by atoms with Crippen molar-refractivity contribution >= 4 is 0 Å². The molecule has 1 aromatic rings. The van der Waals surface area contributed by atoms with E-state index in [0.29, 0.717) is 0 Å². The van der Waals surface area contributed by atoms with Crippen LogP contribution in [0.4, 0.5) is 0 Å². The predicted octanol–water partition coefficient (Wildman–Crippen LogP) is 2.34. The lowest BCUT2D eigenvalue weighted by Crippen LogP contribution is -2.24. The third-order valence-corrected chi connectivity index (χ3v) is 2.00. The molecule has 0 aliphatic rings. The van der Waals surface area contributed by atoms with Crippen LogP contribution in [0.5, 0.6) is 0 Å². The number of rotatable bonds is 1. The van der Waals surface area contributed by atoms with E-state index >= 15 is 0 Å². The number of aryl methyl sites for hydroxylation is 1. The van der Waals surface area contributed by atoms with Crippen LogP contribution in [0.15, 0.2) is 12.5 Å². The summed E-state index contributed by atoms with van der Waals surface area (Å²) in [5, 5.41) is 0. The monoisotopic (exact) mass is 176 g/mol. The van der Waals surface area contributed by atoms with Crippen LogP contribution in [-0.2, 0) is 5.54 Å². The van der Waals surface area contributed by atoms with Crippen molar-refractivity contribution in [3.63, 3.8) is 0 Å². The molecule has 0 unspecified atom stereocenters. The molecule has 0 atom stereocenters. The van der Waals surface area contributed by atoms with Crippen molar-refractivity contribution in [2.45, 2.75) is 39.7 Å². The highest BCUT2D eigenvalue weighted by Crippen LogP contribution is 2.15. The van der Waals surface area contributed by atoms with Gasteiger partial charge in [0.1, 0.15) is 5.54 Å². The second-order valence-corrected chi connectivity index (χ2v) is 3.62. The lowest BCUT2D eigenvalue weighted by molar-refractivity contribution is 0.464. The number of hydrogen-bond acceptors (Lipinski definition) is 1. The van der Waals surface area contributed by atoms with Crippen LogP contribution in [0.1, 0.15) is 32.9 Å². The number of hydrogen-bond donors (Lipinski definition) is 0. The first-order chi connectivity index (χ1) is 6.08. The zero-order chi connectivity index (χ0) is 9.90. The molecule has 0 aliphatic carbocycles. The summed E-state index contributed by atoms with van der Waals surface area (Å²) in [6.07, 6.45) is 4.59. The van der Waals surface area contributed by atoms with Crippen LogP contribution in [0.25, 0.3) is 0 Å². The van der Waals surface area contributed by atoms with E-state index in [0.717, 1.165) is 12.1 Å². The molecule has 0 saturated carbocycles. The minimum absolute atomic E-state index is 0.142. The van der Waals surface area contributed by atoms with Crippen LogP contribution in [-0.4, -0.2) is 9.55 Å². The Morgan fingerprint density at radius 3 is 2.69 bits per heavy atom. The van der Waals surface area contributed by atoms with Crippen LogP contribution in [0.2, 0.25) is 0 Å². The highest BCUT2D eigenvalue weighted by atomic mass is 15.1. The molecule has 0 N–H and O–H groups in total. The van der Waals surface area contributed by atoms with E-state index in [4.69, 9.17) is 0 Å². The third-order valence-electron chi connectivity index (χ3n) is 2.00. The van der Waals surface area contributed by atoms with Crippen LogP contribution >= 0.6 is 0 Å². The molecular weight excluding hydrogens is 160 g/mol. The van der Waals surface area contributed by atoms with Gasteiger partial charge in [-0.25, -0.2) is 4.98 Å². The maximum Gasteiger partial charge on any atom is 0.101 e.